The zero-order valence-corrected chi connectivity index (χ0v) is 12.7. The molecule has 18 heavy (non-hydrogen) atoms. The van der Waals surface area contributed by atoms with E-state index in [9.17, 15) is 5.11 Å². The highest BCUT2D eigenvalue weighted by Crippen LogP contribution is 2.39. The lowest BCUT2D eigenvalue weighted by molar-refractivity contribution is 0.170. The SMILES string of the molecule is COc1ccc(C(O)CNC(C)C)c(Br)c1OC. The third kappa shape index (κ3) is 3.60. The Kier molecular flexibility index (Phi) is 5.91. The van der Waals surface area contributed by atoms with Gasteiger partial charge in [0.2, 0.25) is 0 Å². The van der Waals surface area contributed by atoms with E-state index in [4.69, 9.17) is 9.47 Å². The molecule has 0 radical (unpaired) electrons. The molecule has 1 rings (SSSR count). The maximum atomic E-state index is 10.1. The Balaban J connectivity index is 2.96. The fourth-order valence-electron chi connectivity index (χ4n) is 1.62. The van der Waals surface area contributed by atoms with Gasteiger partial charge in [-0.25, -0.2) is 0 Å². The second-order valence-electron chi connectivity index (χ2n) is 4.28. The monoisotopic (exact) mass is 317 g/mol. The van der Waals surface area contributed by atoms with Gasteiger partial charge in [-0.05, 0) is 27.6 Å². The van der Waals surface area contributed by atoms with Crippen molar-refractivity contribution in [3.63, 3.8) is 0 Å². The van der Waals surface area contributed by atoms with E-state index in [-0.39, 0.29) is 0 Å². The van der Waals surface area contributed by atoms with Crippen LogP contribution in [0.15, 0.2) is 16.6 Å². The van der Waals surface area contributed by atoms with Crippen LogP contribution in [0.25, 0.3) is 0 Å². The lowest BCUT2D eigenvalue weighted by Gasteiger charge is -2.18. The number of benzene rings is 1. The summed E-state index contributed by atoms with van der Waals surface area (Å²) in [4.78, 5) is 0. The Morgan fingerprint density at radius 1 is 1.28 bits per heavy atom. The molecule has 1 aromatic rings. The lowest BCUT2D eigenvalue weighted by Crippen LogP contribution is -2.28. The number of methoxy groups -OCH3 is 2. The van der Waals surface area contributed by atoms with Crippen molar-refractivity contribution in [1.29, 1.82) is 0 Å². The smallest absolute Gasteiger partial charge is 0.175 e. The summed E-state index contributed by atoms with van der Waals surface area (Å²) in [5.74, 6) is 1.23. The maximum absolute atomic E-state index is 10.1. The number of aliphatic hydroxyl groups is 1. The average Bonchev–Trinajstić information content (AvgIpc) is 2.35. The van der Waals surface area contributed by atoms with E-state index in [2.05, 4.69) is 21.2 Å². The Bertz CT molecular complexity index is 396. The quantitative estimate of drug-likeness (QED) is 0.846. The van der Waals surface area contributed by atoms with Gasteiger partial charge in [0.15, 0.2) is 11.5 Å². The average molecular weight is 318 g/mol. The predicted octanol–water partition coefficient (Wildman–Crippen LogP) is 2.50. The van der Waals surface area contributed by atoms with Crippen LogP contribution < -0.4 is 14.8 Å². The first-order valence-corrected chi connectivity index (χ1v) is 6.62. The Morgan fingerprint density at radius 2 is 1.94 bits per heavy atom. The molecule has 0 saturated carbocycles. The van der Waals surface area contributed by atoms with Crippen LogP contribution in [0, 0.1) is 0 Å². The van der Waals surface area contributed by atoms with Crippen molar-refractivity contribution in [2.24, 2.45) is 0 Å². The number of aliphatic hydroxyl groups excluding tert-OH is 1. The molecule has 0 bridgehead atoms. The zero-order chi connectivity index (χ0) is 13.7. The molecular weight excluding hydrogens is 298 g/mol. The number of hydrogen-bond donors (Lipinski definition) is 2. The first-order valence-electron chi connectivity index (χ1n) is 5.83. The molecule has 0 aliphatic heterocycles. The van der Waals surface area contributed by atoms with Crippen molar-refractivity contribution in [3.05, 3.63) is 22.2 Å². The second-order valence-corrected chi connectivity index (χ2v) is 5.08. The minimum Gasteiger partial charge on any atom is -0.493 e. The molecule has 0 aliphatic carbocycles. The highest BCUT2D eigenvalue weighted by molar-refractivity contribution is 9.10. The molecule has 5 heteroatoms. The Labute approximate surface area is 116 Å². The Morgan fingerprint density at radius 3 is 2.44 bits per heavy atom. The minimum atomic E-state index is -0.596. The number of rotatable bonds is 6. The molecule has 102 valence electrons. The van der Waals surface area contributed by atoms with E-state index < -0.39 is 6.10 Å². The van der Waals surface area contributed by atoms with Gasteiger partial charge in [-0.15, -0.1) is 0 Å². The number of halogens is 1. The van der Waals surface area contributed by atoms with Crippen LogP contribution in [0.2, 0.25) is 0 Å². The summed E-state index contributed by atoms with van der Waals surface area (Å²) in [5, 5.41) is 13.3. The summed E-state index contributed by atoms with van der Waals surface area (Å²) in [7, 11) is 3.16. The van der Waals surface area contributed by atoms with Crippen molar-refractivity contribution in [2.45, 2.75) is 26.0 Å². The van der Waals surface area contributed by atoms with Crippen molar-refractivity contribution in [1.82, 2.24) is 5.32 Å². The van der Waals surface area contributed by atoms with Crippen LogP contribution in [-0.2, 0) is 0 Å². The number of hydrogen-bond acceptors (Lipinski definition) is 4. The molecule has 0 amide bonds. The molecule has 1 aromatic carbocycles. The zero-order valence-electron chi connectivity index (χ0n) is 11.2. The molecule has 4 nitrogen and oxygen atoms in total. The van der Waals surface area contributed by atoms with Crippen molar-refractivity contribution >= 4 is 15.9 Å². The molecule has 2 N–H and O–H groups in total. The molecule has 0 aliphatic rings. The van der Waals surface area contributed by atoms with Gasteiger partial charge in [0.25, 0.3) is 0 Å². The molecule has 0 heterocycles. The number of ether oxygens (including phenoxy) is 2. The molecule has 0 saturated heterocycles. The maximum Gasteiger partial charge on any atom is 0.175 e. The summed E-state index contributed by atoms with van der Waals surface area (Å²) in [6.45, 7) is 4.57. The van der Waals surface area contributed by atoms with Crippen molar-refractivity contribution in [2.75, 3.05) is 20.8 Å². The van der Waals surface area contributed by atoms with Gasteiger partial charge in [-0.2, -0.15) is 0 Å². The van der Waals surface area contributed by atoms with E-state index in [0.717, 1.165) is 10.0 Å². The van der Waals surface area contributed by atoms with E-state index in [0.29, 0.717) is 24.1 Å². The highest BCUT2D eigenvalue weighted by Gasteiger charge is 2.18. The van der Waals surface area contributed by atoms with Gasteiger partial charge >= 0.3 is 0 Å². The fraction of sp³-hybridized carbons (Fsp3) is 0.538. The van der Waals surface area contributed by atoms with E-state index >= 15 is 0 Å². The Hall–Kier alpha value is -0.780. The van der Waals surface area contributed by atoms with Crippen LogP contribution in [-0.4, -0.2) is 31.9 Å². The summed E-state index contributed by atoms with van der Waals surface area (Å²) < 4.78 is 11.2. The van der Waals surface area contributed by atoms with Gasteiger partial charge in [-0.3, -0.25) is 0 Å². The third-order valence-electron chi connectivity index (χ3n) is 2.59. The fourth-order valence-corrected chi connectivity index (χ4v) is 2.37. The molecule has 1 unspecified atom stereocenters. The van der Waals surface area contributed by atoms with Gasteiger partial charge in [0.1, 0.15) is 0 Å². The molecule has 1 atom stereocenters. The second kappa shape index (κ2) is 6.97. The van der Waals surface area contributed by atoms with Crippen LogP contribution in [0.1, 0.15) is 25.5 Å². The first kappa shape index (κ1) is 15.3. The summed E-state index contributed by atoms with van der Waals surface area (Å²) >= 11 is 3.45. The van der Waals surface area contributed by atoms with Crippen molar-refractivity contribution in [3.8, 4) is 11.5 Å². The molecule has 0 spiro atoms. The minimum absolute atomic E-state index is 0.332. The predicted molar refractivity (Wildman–Crippen MR) is 75.3 cm³/mol. The number of nitrogens with one attached hydrogen (secondary N) is 1. The van der Waals surface area contributed by atoms with E-state index in [1.165, 1.54) is 0 Å². The van der Waals surface area contributed by atoms with Crippen LogP contribution in [0.3, 0.4) is 0 Å². The van der Waals surface area contributed by atoms with Crippen LogP contribution >= 0.6 is 15.9 Å². The van der Waals surface area contributed by atoms with Crippen molar-refractivity contribution < 1.29 is 14.6 Å². The molecular formula is C13H20BrNO3. The van der Waals surface area contributed by atoms with Gasteiger partial charge in [0, 0.05) is 12.6 Å². The summed E-state index contributed by atoms with van der Waals surface area (Å²) in [5.41, 5.74) is 0.779. The van der Waals surface area contributed by atoms with E-state index in [1.54, 1.807) is 20.3 Å². The summed E-state index contributed by atoms with van der Waals surface area (Å²) in [6, 6.07) is 3.95. The van der Waals surface area contributed by atoms with Crippen LogP contribution in [0.4, 0.5) is 0 Å². The van der Waals surface area contributed by atoms with E-state index in [1.807, 2.05) is 19.9 Å². The third-order valence-corrected chi connectivity index (χ3v) is 3.41. The molecule has 0 aromatic heterocycles. The summed E-state index contributed by atoms with van der Waals surface area (Å²) in [6.07, 6.45) is -0.596. The van der Waals surface area contributed by atoms with Gasteiger partial charge in [-0.1, -0.05) is 19.9 Å². The largest absolute Gasteiger partial charge is 0.493 e. The van der Waals surface area contributed by atoms with Crippen LogP contribution in [0.5, 0.6) is 11.5 Å². The molecule has 0 fully saturated rings. The van der Waals surface area contributed by atoms with Gasteiger partial charge < -0.3 is 19.9 Å². The normalized spacial score (nSPS) is 12.6. The lowest BCUT2D eigenvalue weighted by atomic mass is 10.1. The first-order chi connectivity index (χ1) is 8.51. The topological polar surface area (TPSA) is 50.7 Å². The van der Waals surface area contributed by atoms with Gasteiger partial charge in [0.05, 0.1) is 24.8 Å². The highest BCUT2D eigenvalue weighted by atomic mass is 79.9. The standard InChI is InChI=1S/C13H20BrNO3/c1-8(2)15-7-10(16)9-5-6-11(17-3)13(18-4)12(9)14/h5-6,8,10,15-16H,7H2,1-4H3.